The fourth-order valence-electron chi connectivity index (χ4n) is 3.36. The summed E-state index contributed by atoms with van der Waals surface area (Å²) in [6.45, 7) is 6.90. The molecule has 0 N–H and O–H groups in total. The van der Waals surface area contributed by atoms with Crippen LogP contribution in [0.15, 0.2) is 24.5 Å². The van der Waals surface area contributed by atoms with Crippen molar-refractivity contribution in [2.45, 2.75) is 38.9 Å². The topological polar surface area (TPSA) is 21.1 Å². The lowest BCUT2D eigenvalue weighted by Crippen LogP contribution is -2.41. The molecule has 0 unspecified atom stereocenters. The predicted octanol–water partition coefficient (Wildman–Crippen LogP) is 4.10. The third-order valence-corrected chi connectivity index (χ3v) is 5.21. The number of likely N-dealkylation sites (tertiary alicyclic amines) is 1. The van der Waals surface area contributed by atoms with Crippen LogP contribution in [0.5, 0.6) is 0 Å². The van der Waals surface area contributed by atoms with Gasteiger partial charge >= 0.3 is 0 Å². The Kier molecular flexibility index (Phi) is 4.73. The number of rotatable bonds is 4. The van der Waals surface area contributed by atoms with E-state index in [1.807, 2.05) is 12.3 Å². The standard InChI is InChI=1S/C17H23FIN3/c1-17(2,18)12-21-8-5-13(6-9-21)10-22-11-15(19)14-4-3-7-20-16(14)22/h3-4,7,11,13H,5-6,8-10,12H2,1-2H3. The molecule has 3 heterocycles. The molecule has 1 fully saturated rings. The van der Waals surface area contributed by atoms with E-state index in [4.69, 9.17) is 0 Å². The molecule has 1 saturated heterocycles. The molecule has 5 heteroatoms. The number of fused-ring (bicyclic) bond motifs is 1. The maximum atomic E-state index is 13.7. The molecule has 22 heavy (non-hydrogen) atoms. The van der Waals surface area contributed by atoms with E-state index in [0.717, 1.165) is 38.1 Å². The van der Waals surface area contributed by atoms with Crippen LogP contribution in [0.25, 0.3) is 11.0 Å². The zero-order chi connectivity index (χ0) is 15.7. The minimum Gasteiger partial charge on any atom is -0.331 e. The summed E-state index contributed by atoms with van der Waals surface area (Å²) in [5, 5.41) is 1.24. The maximum Gasteiger partial charge on any atom is 0.140 e. The highest BCUT2D eigenvalue weighted by Crippen LogP contribution is 2.26. The van der Waals surface area contributed by atoms with Gasteiger partial charge in [-0.15, -0.1) is 0 Å². The third-order valence-electron chi connectivity index (χ3n) is 4.35. The summed E-state index contributed by atoms with van der Waals surface area (Å²) < 4.78 is 17.3. The molecule has 0 spiro atoms. The minimum absolute atomic E-state index is 0.547. The average molecular weight is 415 g/mol. The molecule has 0 atom stereocenters. The first-order chi connectivity index (χ1) is 10.4. The Morgan fingerprint density at radius 2 is 2.09 bits per heavy atom. The number of pyridine rings is 1. The first kappa shape index (κ1) is 16.2. The number of piperidine rings is 1. The van der Waals surface area contributed by atoms with Crippen molar-refractivity contribution in [2.75, 3.05) is 19.6 Å². The van der Waals surface area contributed by atoms with Crippen molar-refractivity contribution < 1.29 is 4.39 Å². The zero-order valence-electron chi connectivity index (χ0n) is 13.2. The quantitative estimate of drug-likeness (QED) is 0.702. The summed E-state index contributed by atoms with van der Waals surface area (Å²) in [5.41, 5.74) is -0.0111. The van der Waals surface area contributed by atoms with Crippen LogP contribution in [-0.4, -0.2) is 39.8 Å². The SMILES string of the molecule is CC(C)(F)CN1CCC(Cn2cc(I)c3cccnc32)CC1. The summed E-state index contributed by atoms with van der Waals surface area (Å²) in [6, 6.07) is 4.12. The van der Waals surface area contributed by atoms with E-state index < -0.39 is 5.67 Å². The van der Waals surface area contributed by atoms with Crippen molar-refractivity contribution in [3.8, 4) is 0 Å². The molecule has 3 nitrogen and oxygen atoms in total. The first-order valence-corrected chi connectivity index (χ1v) is 9.01. The monoisotopic (exact) mass is 415 g/mol. The summed E-state index contributed by atoms with van der Waals surface area (Å²) in [5.74, 6) is 0.660. The number of halogens is 2. The molecular weight excluding hydrogens is 392 g/mol. The summed E-state index contributed by atoms with van der Waals surface area (Å²) >= 11 is 2.38. The van der Waals surface area contributed by atoms with E-state index in [1.165, 1.54) is 8.96 Å². The van der Waals surface area contributed by atoms with Gasteiger partial charge in [-0.05, 0) is 80.4 Å². The second-order valence-electron chi connectivity index (χ2n) is 6.94. The number of aromatic nitrogens is 2. The van der Waals surface area contributed by atoms with Gasteiger partial charge < -0.3 is 9.47 Å². The number of hydrogen-bond acceptors (Lipinski definition) is 2. The number of alkyl halides is 1. The van der Waals surface area contributed by atoms with Gasteiger partial charge in [-0.25, -0.2) is 9.37 Å². The summed E-state index contributed by atoms with van der Waals surface area (Å²) in [4.78, 5) is 6.79. The Balaban J connectivity index is 1.63. The fourth-order valence-corrected chi connectivity index (χ4v) is 4.11. The lowest BCUT2D eigenvalue weighted by Gasteiger charge is -2.34. The minimum atomic E-state index is -1.09. The second-order valence-corrected chi connectivity index (χ2v) is 8.10. The zero-order valence-corrected chi connectivity index (χ0v) is 15.4. The van der Waals surface area contributed by atoms with E-state index in [0.29, 0.717) is 12.5 Å². The highest BCUT2D eigenvalue weighted by molar-refractivity contribution is 14.1. The summed E-state index contributed by atoms with van der Waals surface area (Å²) in [6.07, 6.45) is 6.34. The van der Waals surface area contributed by atoms with Crippen LogP contribution in [0, 0.1) is 9.49 Å². The molecule has 2 aromatic rings. The first-order valence-electron chi connectivity index (χ1n) is 7.93. The van der Waals surface area contributed by atoms with Crippen molar-refractivity contribution in [1.82, 2.24) is 14.5 Å². The van der Waals surface area contributed by atoms with Crippen LogP contribution in [0.1, 0.15) is 26.7 Å². The fraction of sp³-hybridized carbons (Fsp3) is 0.588. The largest absolute Gasteiger partial charge is 0.331 e. The van der Waals surface area contributed by atoms with Gasteiger partial charge in [-0.3, -0.25) is 0 Å². The molecule has 0 amide bonds. The molecule has 0 saturated carbocycles. The highest BCUT2D eigenvalue weighted by atomic mass is 127. The van der Waals surface area contributed by atoms with Crippen LogP contribution >= 0.6 is 22.6 Å². The van der Waals surface area contributed by atoms with Crippen molar-refractivity contribution in [3.63, 3.8) is 0 Å². The Hall–Kier alpha value is -0.690. The molecule has 1 aliphatic rings. The lowest BCUT2D eigenvalue weighted by molar-refractivity contribution is 0.0927. The van der Waals surface area contributed by atoms with Gasteiger partial charge in [-0.2, -0.15) is 0 Å². The molecule has 0 bridgehead atoms. The van der Waals surface area contributed by atoms with Gasteiger partial charge in [0.25, 0.3) is 0 Å². The summed E-state index contributed by atoms with van der Waals surface area (Å²) in [7, 11) is 0. The van der Waals surface area contributed by atoms with Crippen molar-refractivity contribution in [3.05, 3.63) is 28.1 Å². The van der Waals surface area contributed by atoms with Crippen molar-refractivity contribution in [1.29, 1.82) is 0 Å². The smallest absolute Gasteiger partial charge is 0.140 e. The Morgan fingerprint density at radius 3 is 2.77 bits per heavy atom. The van der Waals surface area contributed by atoms with Crippen molar-refractivity contribution in [2.24, 2.45) is 5.92 Å². The predicted molar refractivity (Wildman–Crippen MR) is 96.8 cm³/mol. The van der Waals surface area contributed by atoms with Crippen molar-refractivity contribution >= 4 is 33.6 Å². The molecule has 0 radical (unpaired) electrons. The van der Waals surface area contributed by atoms with E-state index in [-0.39, 0.29) is 0 Å². The van der Waals surface area contributed by atoms with Gasteiger partial charge in [0.05, 0.1) is 0 Å². The Bertz CT molecular complexity index is 639. The van der Waals surface area contributed by atoms with Crippen LogP contribution < -0.4 is 0 Å². The van der Waals surface area contributed by atoms with E-state index in [9.17, 15) is 4.39 Å². The average Bonchev–Trinajstić information content (AvgIpc) is 2.77. The third kappa shape index (κ3) is 3.79. The Morgan fingerprint density at radius 1 is 1.36 bits per heavy atom. The van der Waals surface area contributed by atoms with Gasteiger partial charge in [0.1, 0.15) is 11.3 Å². The molecular formula is C17H23FIN3. The van der Waals surface area contributed by atoms with Gasteiger partial charge in [0, 0.05) is 34.4 Å². The Labute approximate surface area is 145 Å². The number of nitrogens with zero attached hydrogens (tertiary/aromatic N) is 3. The van der Waals surface area contributed by atoms with Gasteiger partial charge in [0.2, 0.25) is 0 Å². The van der Waals surface area contributed by atoms with Crippen LogP contribution in [0.4, 0.5) is 4.39 Å². The lowest BCUT2D eigenvalue weighted by atomic mass is 9.96. The normalized spacial score (nSPS) is 18.2. The second kappa shape index (κ2) is 6.43. The van der Waals surface area contributed by atoms with Crippen LogP contribution in [0.2, 0.25) is 0 Å². The van der Waals surface area contributed by atoms with E-state index in [1.54, 1.807) is 13.8 Å². The highest BCUT2D eigenvalue weighted by Gasteiger charge is 2.25. The van der Waals surface area contributed by atoms with Gasteiger partial charge in [0.15, 0.2) is 0 Å². The van der Waals surface area contributed by atoms with E-state index >= 15 is 0 Å². The van der Waals surface area contributed by atoms with Crippen LogP contribution in [-0.2, 0) is 6.54 Å². The maximum absolute atomic E-state index is 13.7. The molecule has 120 valence electrons. The molecule has 0 aromatic carbocycles. The van der Waals surface area contributed by atoms with Crippen LogP contribution in [0.3, 0.4) is 0 Å². The number of hydrogen-bond donors (Lipinski definition) is 0. The van der Waals surface area contributed by atoms with E-state index in [2.05, 4.69) is 49.3 Å². The molecule has 1 aliphatic heterocycles. The van der Waals surface area contributed by atoms with Gasteiger partial charge in [-0.1, -0.05) is 0 Å². The molecule has 2 aromatic heterocycles. The molecule has 3 rings (SSSR count). The molecule has 0 aliphatic carbocycles.